The minimum absolute atomic E-state index is 0.124. The molecule has 1 aliphatic carbocycles. The van der Waals surface area contributed by atoms with Crippen molar-refractivity contribution in [3.05, 3.63) is 10.6 Å². The van der Waals surface area contributed by atoms with Crippen LogP contribution in [-0.2, 0) is 4.74 Å². The van der Waals surface area contributed by atoms with Crippen LogP contribution in [0.25, 0.3) is 0 Å². The predicted octanol–water partition coefficient (Wildman–Crippen LogP) is 2.19. The molecule has 21 heavy (non-hydrogen) atoms. The van der Waals surface area contributed by atoms with Crippen molar-refractivity contribution in [2.45, 2.75) is 44.8 Å². The van der Waals surface area contributed by atoms with Gasteiger partial charge in [-0.05, 0) is 12.8 Å². The second-order valence-corrected chi connectivity index (χ2v) is 6.47. The number of carbonyl (C=O) groups excluding carboxylic acids is 1. The Hall–Kier alpha value is -1.47. The number of aromatic carboxylic acids is 1. The summed E-state index contributed by atoms with van der Waals surface area (Å²) in [6, 6.07) is 0.250. The van der Waals surface area contributed by atoms with Gasteiger partial charge < -0.3 is 14.7 Å². The van der Waals surface area contributed by atoms with E-state index in [0.717, 1.165) is 19.3 Å². The number of carbonyl (C=O) groups is 2. The number of morpholine rings is 1. The van der Waals surface area contributed by atoms with E-state index < -0.39 is 5.97 Å². The highest BCUT2D eigenvalue weighted by atomic mass is 32.1. The second kappa shape index (κ2) is 5.73. The summed E-state index contributed by atoms with van der Waals surface area (Å²) in [5.41, 5.74) is -0.124. The maximum Gasteiger partial charge on any atom is 0.356 e. The molecule has 1 N–H and O–H groups in total. The van der Waals surface area contributed by atoms with Gasteiger partial charge in [-0.2, -0.15) is 0 Å². The van der Waals surface area contributed by atoms with Crippen molar-refractivity contribution in [2.75, 3.05) is 18.1 Å². The number of hydrogen-bond donors (Lipinski definition) is 1. The van der Waals surface area contributed by atoms with Crippen LogP contribution >= 0.6 is 11.3 Å². The van der Waals surface area contributed by atoms with Crippen molar-refractivity contribution >= 4 is 28.2 Å². The van der Waals surface area contributed by atoms with Gasteiger partial charge in [0.2, 0.25) is 0 Å². The fraction of sp³-hybridized carbons (Fsp3) is 0.643. The third-order valence-corrected chi connectivity index (χ3v) is 5.31. The zero-order valence-electron chi connectivity index (χ0n) is 11.9. The number of nitrogens with zero attached hydrogens (tertiary/aromatic N) is 2. The lowest BCUT2D eigenvalue weighted by Crippen LogP contribution is -2.52. The van der Waals surface area contributed by atoms with Gasteiger partial charge in [0.1, 0.15) is 4.88 Å². The Morgan fingerprint density at radius 3 is 2.81 bits per heavy atom. The standard InChI is InChI=1S/C14H18N2O4S/c1-8(17)12-11(13(18)19)15-14(21-12)16-6-7-20-10-5-3-2-4-9(10)16/h9-10H,2-7H2,1H3,(H,18,19). The molecule has 2 fully saturated rings. The molecule has 7 heteroatoms. The van der Waals surface area contributed by atoms with Gasteiger partial charge in [0, 0.05) is 13.5 Å². The van der Waals surface area contributed by atoms with Crippen molar-refractivity contribution in [3.8, 4) is 0 Å². The first-order chi connectivity index (χ1) is 10.1. The Bertz CT molecular complexity index is 538. The van der Waals surface area contributed by atoms with Crippen LogP contribution in [0.2, 0.25) is 0 Å². The van der Waals surface area contributed by atoms with Crippen molar-refractivity contribution in [2.24, 2.45) is 0 Å². The van der Waals surface area contributed by atoms with Gasteiger partial charge in [-0.25, -0.2) is 9.78 Å². The summed E-state index contributed by atoms with van der Waals surface area (Å²) < 4.78 is 5.82. The summed E-state index contributed by atoms with van der Waals surface area (Å²) in [7, 11) is 0. The summed E-state index contributed by atoms with van der Waals surface area (Å²) in [6.07, 6.45) is 4.59. The number of carboxylic acid groups (broad SMARTS) is 1. The number of ketones is 1. The lowest BCUT2D eigenvalue weighted by molar-refractivity contribution is -0.00869. The second-order valence-electron chi connectivity index (χ2n) is 5.49. The van der Waals surface area contributed by atoms with Crippen molar-refractivity contribution in [3.63, 3.8) is 0 Å². The molecule has 3 rings (SSSR count). The molecular weight excluding hydrogens is 292 g/mol. The van der Waals surface area contributed by atoms with Gasteiger partial charge in [-0.3, -0.25) is 4.79 Å². The number of thiazole rings is 1. The molecule has 0 amide bonds. The molecule has 0 radical (unpaired) electrons. The number of carboxylic acids is 1. The molecule has 1 aliphatic heterocycles. The van der Waals surface area contributed by atoms with Gasteiger partial charge in [0.05, 0.1) is 18.8 Å². The van der Waals surface area contributed by atoms with Crippen LogP contribution < -0.4 is 4.90 Å². The van der Waals surface area contributed by atoms with Crippen LogP contribution in [0.1, 0.15) is 52.8 Å². The van der Waals surface area contributed by atoms with Crippen LogP contribution in [0.5, 0.6) is 0 Å². The number of ether oxygens (including phenoxy) is 1. The quantitative estimate of drug-likeness (QED) is 0.862. The van der Waals surface area contributed by atoms with E-state index >= 15 is 0 Å². The SMILES string of the molecule is CC(=O)c1sc(N2CCOC3CCCCC32)nc1C(=O)O. The molecule has 2 aliphatic rings. The fourth-order valence-corrected chi connectivity index (χ4v) is 4.19. The molecule has 1 aromatic rings. The predicted molar refractivity (Wildman–Crippen MR) is 78.4 cm³/mol. The Morgan fingerprint density at radius 1 is 1.38 bits per heavy atom. The number of aromatic nitrogens is 1. The number of hydrogen-bond acceptors (Lipinski definition) is 6. The van der Waals surface area contributed by atoms with Crippen molar-refractivity contribution in [1.29, 1.82) is 0 Å². The van der Waals surface area contributed by atoms with Crippen LogP contribution in [0, 0.1) is 0 Å². The maximum absolute atomic E-state index is 11.6. The summed E-state index contributed by atoms with van der Waals surface area (Å²) in [5, 5.41) is 9.84. The molecule has 0 aromatic carbocycles. The van der Waals surface area contributed by atoms with E-state index in [4.69, 9.17) is 4.74 Å². The summed E-state index contributed by atoms with van der Waals surface area (Å²) >= 11 is 1.19. The van der Waals surface area contributed by atoms with E-state index in [2.05, 4.69) is 9.88 Å². The van der Waals surface area contributed by atoms with Crippen LogP contribution in [0.3, 0.4) is 0 Å². The minimum Gasteiger partial charge on any atom is -0.476 e. The van der Waals surface area contributed by atoms with E-state index in [0.29, 0.717) is 18.3 Å². The van der Waals surface area contributed by atoms with Gasteiger partial charge in [-0.15, -0.1) is 0 Å². The molecule has 0 spiro atoms. The van der Waals surface area contributed by atoms with Crippen LogP contribution in [0.4, 0.5) is 5.13 Å². The Morgan fingerprint density at radius 2 is 2.14 bits per heavy atom. The number of fused-ring (bicyclic) bond motifs is 1. The van der Waals surface area contributed by atoms with E-state index in [9.17, 15) is 14.7 Å². The first kappa shape index (κ1) is 14.5. The highest BCUT2D eigenvalue weighted by molar-refractivity contribution is 7.17. The topological polar surface area (TPSA) is 79.7 Å². The number of rotatable bonds is 3. The summed E-state index contributed by atoms with van der Waals surface area (Å²) in [5.74, 6) is -1.39. The zero-order chi connectivity index (χ0) is 15.0. The third kappa shape index (κ3) is 2.67. The molecule has 6 nitrogen and oxygen atoms in total. The highest BCUT2D eigenvalue weighted by Gasteiger charge is 2.36. The first-order valence-corrected chi connectivity index (χ1v) is 8.03. The lowest BCUT2D eigenvalue weighted by Gasteiger charge is -2.43. The summed E-state index contributed by atoms with van der Waals surface area (Å²) in [6.45, 7) is 2.70. The van der Waals surface area contributed by atoms with Gasteiger partial charge in [-0.1, -0.05) is 24.2 Å². The van der Waals surface area contributed by atoms with E-state index in [1.165, 1.54) is 24.7 Å². The molecule has 1 saturated carbocycles. The molecule has 1 saturated heterocycles. The van der Waals surface area contributed by atoms with Gasteiger partial charge in [0.25, 0.3) is 0 Å². The third-order valence-electron chi connectivity index (χ3n) is 4.12. The van der Waals surface area contributed by atoms with Crippen molar-refractivity contribution < 1.29 is 19.4 Å². The average Bonchev–Trinajstić information content (AvgIpc) is 2.92. The number of Topliss-reactive ketones (excluding diaryl/α,β-unsaturated/α-hetero) is 1. The van der Waals surface area contributed by atoms with Crippen molar-refractivity contribution in [1.82, 2.24) is 4.98 Å². The summed E-state index contributed by atoms with van der Waals surface area (Å²) in [4.78, 5) is 29.4. The molecule has 0 bridgehead atoms. The molecular formula is C14H18N2O4S. The normalized spacial score (nSPS) is 25.5. The average molecular weight is 310 g/mol. The minimum atomic E-state index is -1.14. The van der Waals surface area contributed by atoms with Gasteiger partial charge in [0.15, 0.2) is 16.6 Å². The zero-order valence-corrected chi connectivity index (χ0v) is 12.7. The van der Waals surface area contributed by atoms with Gasteiger partial charge >= 0.3 is 5.97 Å². The van der Waals surface area contributed by atoms with Crippen LogP contribution in [-0.4, -0.2) is 47.1 Å². The first-order valence-electron chi connectivity index (χ1n) is 7.21. The van der Waals surface area contributed by atoms with Crippen LogP contribution in [0.15, 0.2) is 0 Å². The highest BCUT2D eigenvalue weighted by Crippen LogP contribution is 2.35. The monoisotopic (exact) mass is 310 g/mol. The Kier molecular flexibility index (Phi) is 3.95. The Balaban J connectivity index is 1.93. The molecule has 2 atom stereocenters. The van der Waals surface area contributed by atoms with E-state index in [-0.39, 0.29) is 28.5 Å². The Labute approximate surface area is 126 Å². The smallest absolute Gasteiger partial charge is 0.356 e. The molecule has 2 heterocycles. The molecule has 2 unspecified atom stereocenters. The lowest BCUT2D eigenvalue weighted by atomic mass is 9.90. The maximum atomic E-state index is 11.6. The largest absolute Gasteiger partial charge is 0.476 e. The molecule has 1 aromatic heterocycles. The van der Waals surface area contributed by atoms with E-state index in [1.54, 1.807) is 0 Å². The molecule has 114 valence electrons. The van der Waals surface area contributed by atoms with E-state index in [1.807, 2.05) is 0 Å². The number of anilines is 1. The fourth-order valence-electron chi connectivity index (χ4n) is 3.15.